The molecule has 4 aromatic rings. The van der Waals surface area contributed by atoms with Crippen LogP contribution in [0, 0.1) is 23.5 Å². The summed E-state index contributed by atoms with van der Waals surface area (Å²) < 4.78 is 32.0. The zero-order valence-corrected chi connectivity index (χ0v) is 16.5. The average Bonchev–Trinajstić information content (AvgIpc) is 3.12. The van der Waals surface area contributed by atoms with Crippen molar-refractivity contribution < 1.29 is 13.6 Å². The van der Waals surface area contributed by atoms with E-state index in [-0.39, 0.29) is 11.5 Å². The maximum atomic E-state index is 15.1. The van der Waals surface area contributed by atoms with E-state index in [9.17, 15) is 4.79 Å². The van der Waals surface area contributed by atoms with Gasteiger partial charge in [0.2, 0.25) is 5.95 Å². The van der Waals surface area contributed by atoms with Crippen LogP contribution in [0.1, 0.15) is 24.0 Å². The Kier molecular flexibility index (Phi) is 3.80. The molecule has 6 rings (SSSR count). The van der Waals surface area contributed by atoms with Gasteiger partial charge in [0, 0.05) is 29.7 Å². The molecule has 156 valence electrons. The van der Waals surface area contributed by atoms with Gasteiger partial charge in [-0.15, -0.1) is 0 Å². The van der Waals surface area contributed by atoms with Crippen LogP contribution in [0.2, 0.25) is 0 Å². The third kappa shape index (κ3) is 2.59. The summed E-state index contributed by atoms with van der Waals surface area (Å²) in [6.45, 7) is 0. The first-order valence-electron chi connectivity index (χ1n) is 9.92. The van der Waals surface area contributed by atoms with Crippen molar-refractivity contribution in [1.29, 1.82) is 0 Å². The summed E-state index contributed by atoms with van der Waals surface area (Å²) >= 11 is 0. The molecular weight excluding hydrogens is 414 g/mol. The van der Waals surface area contributed by atoms with E-state index >= 15 is 8.78 Å². The maximum Gasteiger partial charge on any atom is 0.260 e. The number of pyridine rings is 1. The number of H-pyrrole nitrogens is 1. The highest BCUT2D eigenvalue weighted by atomic mass is 19.1. The number of amides is 1. The Hall–Kier alpha value is -4.32. The van der Waals surface area contributed by atoms with Gasteiger partial charge in [-0.3, -0.25) is 19.4 Å². The fourth-order valence-electron chi connectivity index (χ4n) is 4.09. The molecule has 1 fully saturated rings. The highest BCUT2D eigenvalue weighted by Gasteiger charge is 2.62. The number of aromatic amines is 1. The Morgan fingerprint density at radius 2 is 1.81 bits per heavy atom. The van der Waals surface area contributed by atoms with Crippen molar-refractivity contribution in [3.63, 3.8) is 0 Å². The molecule has 1 N–H and O–H groups in total. The average molecular weight is 428 g/mol. The number of rotatable bonds is 2. The number of nitrogens with one attached hydrogen (secondary N) is 1. The summed E-state index contributed by atoms with van der Waals surface area (Å²) in [5.74, 6) is 3.57. The second-order valence-corrected chi connectivity index (χ2v) is 7.70. The van der Waals surface area contributed by atoms with Gasteiger partial charge in [-0.05, 0) is 43.2 Å². The van der Waals surface area contributed by atoms with Crippen LogP contribution < -0.4 is 4.90 Å². The van der Waals surface area contributed by atoms with Gasteiger partial charge in [-0.1, -0.05) is 11.8 Å². The van der Waals surface area contributed by atoms with Crippen molar-refractivity contribution in [1.82, 2.24) is 24.7 Å². The lowest BCUT2D eigenvalue weighted by Crippen LogP contribution is -2.31. The molecule has 4 heterocycles. The number of halogens is 2. The molecule has 7 nitrogen and oxygen atoms in total. The number of imidazole rings is 1. The van der Waals surface area contributed by atoms with Crippen molar-refractivity contribution in [3.8, 4) is 23.2 Å². The molecule has 2 aliphatic rings. The molecule has 0 atom stereocenters. The van der Waals surface area contributed by atoms with Gasteiger partial charge in [0.25, 0.3) is 5.91 Å². The van der Waals surface area contributed by atoms with E-state index in [0.717, 1.165) is 17.0 Å². The van der Waals surface area contributed by atoms with Crippen LogP contribution in [0.4, 0.5) is 20.4 Å². The van der Waals surface area contributed by atoms with Crippen LogP contribution in [0.5, 0.6) is 0 Å². The predicted molar refractivity (Wildman–Crippen MR) is 111 cm³/mol. The van der Waals surface area contributed by atoms with Gasteiger partial charge in [0.05, 0.1) is 17.6 Å². The highest BCUT2D eigenvalue weighted by molar-refractivity contribution is 6.09. The zero-order chi connectivity index (χ0) is 21.9. The largest absolute Gasteiger partial charge is 0.293 e. The minimum atomic E-state index is -0.885. The molecule has 9 heteroatoms. The third-order valence-electron chi connectivity index (χ3n) is 5.73. The van der Waals surface area contributed by atoms with Crippen LogP contribution in [0.15, 0.2) is 55.1 Å². The van der Waals surface area contributed by atoms with Gasteiger partial charge >= 0.3 is 0 Å². The Morgan fingerprint density at radius 3 is 2.47 bits per heavy atom. The van der Waals surface area contributed by atoms with Gasteiger partial charge in [0.1, 0.15) is 11.2 Å². The molecule has 3 aromatic heterocycles. The molecular formula is C23H14F2N6O. The molecule has 0 saturated heterocycles. The molecule has 1 aliphatic carbocycles. The van der Waals surface area contributed by atoms with Crippen molar-refractivity contribution in [3.05, 3.63) is 77.9 Å². The second-order valence-electron chi connectivity index (χ2n) is 7.70. The van der Waals surface area contributed by atoms with E-state index < -0.39 is 28.8 Å². The molecule has 1 aliphatic heterocycles. The molecule has 1 spiro atoms. The number of carbonyl (C=O) groups excluding carboxylic acids is 1. The van der Waals surface area contributed by atoms with Crippen LogP contribution in [-0.4, -0.2) is 30.6 Å². The Morgan fingerprint density at radius 1 is 1.03 bits per heavy atom. The van der Waals surface area contributed by atoms with Crippen LogP contribution >= 0.6 is 0 Å². The number of fused-ring (bicyclic) bond motifs is 2. The van der Waals surface area contributed by atoms with Crippen molar-refractivity contribution in [2.75, 3.05) is 4.90 Å². The normalized spacial score (nSPS) is 15.6. The molecule has 1 amide bonds. The lowest BCUT2D eigenvalue weighted by Gasteiger charge is -2.17. The standard InChI is InChI=1S/C23H14F2N6O/c24-16-10-15(4-3-14-2-1-8-26-12-14)11-17(25)20(16)30-21(32)23(6-7-23)31-19(13-27-22(30)31)18-5-9-28-29-18/h1-2,5,8-13H,6-7H2,(H,28,29). The van der Waals surface area contributed by atoms with E-state index in [1.165, 1.54) is 0 Å². The lowest BCUT2D eigenvalue weighted by molar-refractivity contribution is -0.120. The van der Waals surface area contributed by atoms with E-state index in [0.29, 0.717) is 29.8 Å². The number of benzene rings is 1. The first-order valence-corrected chi connectivity index (χ1v) is 9.92. The number of carbonyl (C=O) groups is 1. The number of anilines is 2. The highest BCUT2D eigenvalue weighted by Crippen LogP contribution is 2.56. The van der Waals surface area contributed by atoms with Crippen LogP contribution in [-0.2, 0) is 10.3 Å². The summed E-state index contributed by atoms with van der Waals surface area (Å²) in [5, 5.41) is 6.80. The summed E-state index contributed by atoms with van der Waals surface area (Å²) in [4.78, 5) is 22.6. The minimum Gasteiger partial charge on any atom is -0.293 e. The fourth-order valence-corrected chi connectivity index (χ4v) is 4.09. The second kappa shape index (κ2) is 6.59. The van der Waals surface area contributed by atoms with Gasteiger partial charge in [0.15, 0.2) is 11.6 Å². The first kappa shape index (κ1) is 18.4. The van der Waals surface area contributed by atoms with Gasteiger partial charge < -0.3 is 0 Å². The number of hydrogen-bond acceptors (Lipinski definition) is 4. The Bertz CT molecular complexity index is 1410. The lowest BCUT2D eigenvalue weighted by atomic mass is 10.1. The van der Waals surface area contributed by atoms with Crippen molar-refractivity contribution >= 4 is 17.5 Å². The van der Waals surface area contributed by atoms with Gasteiger partial charge in [-0.2, -0.15) is 5.10 Å². The minimum absolute atomic E-state index is 0.155. The number of aromatic nitrogens is 5. The van der Waals surface area contributed by atoms with E-state index in [2.05, 4.69) is 32.0 Å². The predicted octanol–water partition coefficient (Wildman–Crippen LogP) is 3.51. The monoisotopic (exact) mass is 428 g/mol. The Balaban J connectivity index is 1.44. The maximum absolute atomic E-state index is 15.1. The first-order chi connectivity index (χ1) is 15.6. The third-order valence-corrected chi connectivity index (χ3v) is 5.73. The summed E-state index contributed by atoms with van der Waals surface area (Å²) in [7, 11) is 0. The molecule has 0 radical (unpaired) electrons. The zero-order valence-electron chi connectivity index (χ0n) is 16.5. The van der Waals surface area contributed by atoms with E-state index in [1.54, 1.807) is 47.6 Å². The number of nitrogens with zero attached hydrogens (tertiary/aromatic N) is 5. The van der Waals surface area contributed by atoms with E-state index in [4.69, 9.17) is 0 Å². The summed E-state index contributed by atoms with van der Waals surface area (Å²) in [6, 6.07) is 7.47. The fraction of sp³-hybridized carbons (Fsp3) is 0.130. The van der Waals surface area contributed by atoms with Crippen molar-refractivity contribution in [2.24, 2.45) is 0 Å². The molecule has 1 saturated carbocycles. The number of hydrogen-bond donors (Lipinski definition) is 1. The molecule has 0 unspecified atom stereocenters. The quantitative estimate of drug-likeness (QED) is 0.496. The van der Waals surface area contributed by atoms with Crippen LogP contribution in [0.3, 0.4) is 0 Å². The van der Waals surface area contributed by atoms with E-state index in [1.807, 2.05) is 0 Å². The van der Waals surface area contributed by atoms with Crippen LogP contribution in [0.25, 0.3) is 11.4 Å². The topological polar surface area (TPSA) is 79.7 Å². The summed E-state index contributed by atoms with van der Waals surface area (Å²) in [6.07, 6.45) is 7.49. The summed E-state index contributed by atoms with van der Waals surface area (Å²) in [5.41, 5.74) is 0.772. The SMILES string of the molecule is O=C1N(c2c(F)cc(C#Cc3cccnc3)cc2F)c2ncc(-c3ccn[nH]3)n2C12CC2. The molecule has 32 heavy (non-hydrogen) atoms. The molecule has 0 bridgehead atoms. The molecule has 1 aromatic carbocycles. The van der Waals surface area contributed by atoms with Crippen molar-refractivity contribution in [2.45, 2.75) is 18.4 Å². The van der Waals surface area contributed by atoms with Gasteiger partial charge in [-0.25, -0.2) is 18.7 Å². The smallest absolute Gasteiger partial charge is 0.260 e. The Labute approximate surface area is 180 Å².